The Labute approximate surface area is 426 Å². The first-order valence-corrected chi connectivity index (χ1v) is 23.3. The number of hydrogen-bond acceptors (Lipinski definition) is 10. The van der Waals surface area contributed by atoms with Crippen LogP contribution in [0, 0.1) is 56.4 Å². The number of azo groups is 3. The number of fused-ring (bicyclic) bond motifs is 1. The quantitative estimate of drug-likeness (QED) is 0.0234. The van der Waals surface area contributed by atoms with Crippen LogP contribution in [0.3, 0.4) is 0 Å². The second-order valence-corrected chi connectivity index (χ2v) is 17.2. The van der Waals surface area contributed by atoms with Crippen LogP contribution < -0.4 is 10.4 Å². The van der Waals surface area contributed by atoms with Crippen molar-refractivity contribution in [3.8, 4) is 0 Å². The highest BCUT2D eigenvalue weighted by molar-refractivity contribution is 6.10. The van der Waals surface area contributed by atoms with Crippen molar-refractivity contribution in [2.45, 2.75) is 74.7 Å². The lowest BCUT2D eigenvalue weighted by Crippen LogP contribution is -2.20. The van der Waals surface area contributed by atoms with E-state index in [4.69, 9.17) is 11.5 Å². The Kier molecular flexibility index (Phi) is 20.7. The molecule has 0 heterocycles. The van der Waals surface area contributed by atoms with Crippen molar-refractivity contribution in [3.63, 3.8) is 0 Å². The average Bonchev–Trinajstić information content (AvgIpc) is 3.38. The molecular formula is C58H54F5N7O4. The molecule has 0 saturated heterocycles. The van der Waals surface area contributed by atoms with Gasteiger partial charge in [0.15, 0.2) is 40.5 Å². The molecule has 2 aliphatic carbocycles. The highest BCUT2D eigenvalue weighted by Gasteiger charge is 2.26. The Hall–Kier alpha value is -8.26. The zero-order valence-corrected chi connectivity index (χ0v) is 42.5. The fourth-order valence-electron chi connectivity index (χ4n) is 7.70. The van der Waals surface area contributed by atoms with Crippen molar-refractivity contribution in [2.75, 3.05) is 13.7 Å². The molecule has 0 amide bonds. The number of aryl methyl sites for hydroxylation is 4. The van der Waals surface area contributed by atoms with Gasteiger partial charge in [0.05, 0.1) is 43.7 Å². The van der Waals surface area contributed by atoms with Crippen LogP contribution in [0.4, 0.5) is 39.0 Å². The van der Waals surface area contributed by atoms with Gasteiger partial charge in [-0.3, -0.25) is 9.59 Å². The first-order valence-electron chi connectivity index (χ1n) is 23.3. The second-order valence-electron chi connectivity index (χ2n) is 17.2. The van der Waals surface area contributed by atoms with Gasteiger partial charge >= 0.3 is 0 Å². The van der Waals surface area contributed by atoms with Crippen molar-refractivity contribution in [2.24, 2.45) is 30.7 Å². The molecule has 5 aromatic rings. The van der Waals surface area contributed by atoms with Gasteiger partial charge in [-0.1, -0.05) is 79.1 Å². The first-order chi connectivity index (χ1) is 35.4. The summed E-state index contributed by atoms with van der Waals surface area (Å²) >= 11 is 0. The van der Waals surface area contributed by atoms with Crippen molar-refractivity contribution < 1.29 is 41.3 Å². The maximum atomic E-state index is 13.4. The zero-order valence-electron chi connectivity index (χ0n) is 42.5. The van der Waals surface area contributed by atoms with Crippen molar-refractivity contribution in [3.05, 3.63) is 216 Å². The molecule has 2 aliphatic rings. The van der Waals surface area contributed by atoms with Crippen LogP contribution in [0.5, 0.6) is 0 Å². The van der Waals surface area contributed by atoms with Gasteiger partial charge in [-0.15, -0.1) is 5.11 Å². The highest BCUT2D eigenvalue weighted by atomic mass is 19.2. The molecule has 0 unspecified atom stereocenters. The van der Waals surface area contributed by atoms with Gasteiger partial charge in [0.25, 0.3) is 0 Å². The summed E-state index contributed by atoms with van der Waals surface area (Å²) < 4.78 is 65.6. The van der Waals surface area contributed by atoms with Gasteiger partial charge < -0.3 is 0 Å². The molecule has 0 aromatic heterocycles. The third-order valence-corrected chi connectivity index (χ3v) is 11.4. The molecule has 0 saturated carbocycles. The predicted octanol–water partition coefficient (Wildman–Crippen LogP) is 15.2. The third-order valence-electron chi connectivity index (χ3n) is 11.4. The predicted molar refractivity (Wildman–Crippen MR) is 277 cm³/mol. The third kappa shape index (κ3) is 14.9. The van der Waals surface area contributed by atoms with E-state index in [1.54, 1.807) is 26.2 Å². The number of hydrogen-bond donors (Lipinski definition) is 0. The Morgan fingerprint density at radius 1 is 0.608 bits per heavy atom. The summed E-state index contributed by atoms with van der Waals surface area (Å²) in [6.45, 7) is 22.5. The van der Waals surface area contributed by atoms with E-state index in [2.05, 4.69) is 84.6 Å². The second kappa shape index (κ2) is 27.0. The Morgan fingerprint density at radius 2 is 1.11 bits per heavy atom. The Morgan fingerprint density at radius 3 is 1.62 bits per heavy atom. The van der Waals surface area contributed by atoms with E-state index in [0.717, 1.165) is 67.7 Å². The van der Waals surface area contributed by atoms with Gasteiger partial charge in [0, 0.05) is 5.39 Å². The van der Waals surface area contributed by atoms with E-state index < -0.39 is 34.8 Å². The van der Waals surface area contributed by atoms with Gasteiger partial charge in [-0.2, -0.15) is 25.6 Å². The van der Waals surface area contributed by atoms with E-state index >= 15 is 0 Å². The molecule has 0 atom stereocenters. The molecule has 11 nitrogen and oxygen atoms in total. The largest absolute Gasteiger partial charge is 0.289 e. The molecule has 0 bridgehead atoms. The number of carbonyl (C=O) groups excluding carboxylic acids is 2. The molecule has 0 spiro atoms. The van der Waals surface area contributed by atoms with Crippen LogP contribution in [-0.2, 0) is 25.8 Å². The SMILES string of the molecule is CC1=CC(=CN=Nc2c(F)c(F)c(F)c(F)c2F)C=C(C)C1=O.CCCCc1ccc(N=NC=C2C=C(C)C(=O)C(C)=C2)cc1.[C-]#[N+]C(COOC)=c1c(C)cc(=CN=Nc2ccc(C)c3ccccc23)cc1C. The summed E-state index contributed by atoms with van der Waals surface area (Å²) in [6, 6.07) is 24.4. The van der Waals surface area contributed by atoms with E-state index in [-0.39, 0.29) is 18.2 Å². The lowest BCUT2D eigenvalue weighted by Gasteiger charge is -2.08. The average molecular weight is 1010 g/mol. The van der Waals surface area contributed by atoms with Crippen LogP contribution >= 0.6 is 0 Å². The van der Waals surface area contributed by atoms with E-state index in [9.17, 15) is 31.5 Å². The van der Waals surface area contributed by atoms with Crippen LogP contribution in [-0.4, -0.2) is 25.3 Å². The van der Waals surface area contributed by atoms with Crippen LogP contribution in [0.25, 0.3) is 27.5 Å². The summed E-state index contributed by atoms with van der Waals surface area (Å²) in [5.74, 6) is -10.7. The van der Waals surface area contributed by atoms with Gasteiger partial charge in [-0.25, -0.2) is 36.6 Å². The molecule has 7 rings (SSSR count). The van der Waals surface area contributed by atoms with Crippen molar-refractivity contribution >= 4 is 51.3 Å². The van der Waals surface area contributed by atoms with E-state index in [1.165, 1.54) is 48.6 Å². The normalized spacial score (nSPS) is 13.5. The molecular weight excluding hydrogens is 954 g/mol. The molecule has 0 N–H and O–H groups in total. The number of halogens is 5. The van der Waals surface area contributed by atoms with Crippen molar-refractivity contribution in [1.82, 2.24) is 0 Å². The number of ketones is 2. The minimum absolute atomic E-state index is 0.0942. The summed E-state index contributed by atoms with van der Waals surface area (Å²) in [5, 5.41) is 27.5. The Balaban J connectivity index is 0.000000208. The minimum Gasteiger partial charge on any atom is -0.289 e. The van der Waals surface area contributed by atoms with Gasteiger partial charge in [-0.05, 0) is 164 Å². The standard InChI is InChI=1S/C24H23N3O2.C19H22N2O.C15H9F5N2O/c1-16-10-11-22(21-9-7-6-8-20(16)21)27-26-14-19-12-17(2)24(18(3)13-19)23(25-4)15-29-28-5;1-4-5-6-16-7-9-18(10-8-16)21-20-13-17-11-14(2)19(22)15(3)12-17;1-6-3-8(4-7(2)15(6)23)5-21-22-14-12(19)10(17)9(16)11(18)13(14)20/h6-14H,15H2,1-3,5H3;7-13H,4-6H2,1-3H3;3-5H,1-2H3. The summed E-state index contributed by atoms with van der Waals surface area (Å²) in [5.41, 5.74) is 8.94. The zero-order chi connectivity index (χ0) is 54.1. The van der Waals surface area contributed by atoms with Gasteiger partial charge in [0.2, 0.25) is 11.5 Å². The lowest BCUT2D eigenvalue weighted by atomic mass is 9.96. The highest BCUT2D eigenvalue weighted by Crippen LogP contribution is 2.31. The number of rotatable bonds is 12. The molecule has 0 radical (unpaired) electrons. The summed E-state index contributed by atoms with van der Waals surface area (Å²) in [4.78, 5) is 36.4. The molecule has 380 valence electrons. The summed E-state index contributed by atoms with van der Waals surface area (Å²) in [6.07, 6.45) is 14.6. The lowest BCUT2D eigenvalue weighted by molar-refractivity contribution is -0.261. The molecule has 0 aliphatic heterocycles. The molecule has 5 aromatic carbocycles. The number of carbonyl (C=O) groups is 2. The fourth-order valence-corrected chi connectivity index (χ4v) is 7.70. The number of unbranched alkanes of at least 4 members (excludes halogenated alkanes) is 1. The maximum Gasteiger partial charge on any atom is 0.201 e. The smallest absolute Gasteiger partial charge is 0.201 e. The first kappa shape index (κ1) is 56.7. The van der Waals surface area contributed by atoms with Crippen molar-refractivity contribution in [1.29, 1.82) is 0 Å². The molecule has 0 fully saturated rings. The number of allylic oxidation sites excluding steroid dienone is 10. The number of nitrogens with zero attached hydrogens (tertiary/aromatic N) is 7. The topological polar surface area (TPSA) is 131 Å². The Bertz CT molecular complexity index is 3330. The molecule has 74 heavy (non-hydrogen) atoms. The maximum absolute atomic E-state index is 13.4. The van der Waals surface area contributed by atoms with Crippen LogP contribution in [0.2, 0.25) is 0 Å². The number of Topliss-reactive ketones (excluding diaryl/α,β-unsaturated/α-hetero) is 2. The minimum atomic E-state index is -2.26. The van der Waals surface area contributed by atoms with Crippen LogP contribution in [0.1, 0.15) is 69.7 Å². The molecule has 16 heteroatoms. The van der Waals surface area contributed by atoms with E-state index in [1.807, 2.05) is 82.3 Å². The van der Waals surface area contributed by atoms with Crippen LogP contribution in [0.15, 0.2) is 174 Å². The number of benzene rings is 5. The van der Waals surface area contributed by atoms with E-state index in [0.29, 0.717) is 22.4 Å². The fraction of sp³-hybridized carbons (Fsp3) is 0.224. The van der Waals surface area contributed by atoms with Gasteiger partial charge in [0.1, 0.15) is 6.61 Å². The summed E-state index contributed by atoms with van der Waals surface area (Å²) in [7, 11) is 1.43. The monoisotopic (exact) mass is 1010 g/mol.